The molecule has 0 atom stereocenters. The normalized spacial score (nSPS) is 14.1. The molecule has 8 heavy (non-hydrogen) atoms. The lowest BCUT2D eigenvalue weighted by Crippen LogP contribution is -2.12. The van der Waals surface area contributed by atoms with Crippen molar-refractivity contribution in [3.05, 3.63) is 12.0 Å². The molecule has 0 aromatic carbocycles. The molecule has 0 rings (SSSR count). The van der Waals surface area contributed by atoms with Crippen LogP contribution in [0.1, 0.15) is 0 Å². The van der Waals surface area contributed by atoms with Crippen LogP contribution in [0.3, 0.4) is 0 Å². The second-order valence-corrected chi connectivity index (χ2v) is 1.05. The van der Waals surface area contributed by atoms with Gasteiger partial charge in [-0.15, -0.1) is 0 Å². The Morgan fingerprint density at radius 3 is 1.88 bits per heavy atom. The standard InChI is InChI=1S/C3H4F3NO/c4-3(5,6)2(8)1-7/h1,8H,7H2/b2-1+. The Balaban J connectivity index is 4.03. The molecular formula is C3H4F3NO. The van der Waals surface area contributed by atoms with Gasteiger partial charge in [-0.2, -0.15) is 13.2 Å². The summed E-state index contributed by atoms with van der Waals surface area (Å²) in [4.78, 5) is 0. The zero-order valence-corrected chi connectivity index (χ0v) is 3.74. The SMILES string of the molecule is N/C=C(/O)C(F)(F)F. The zero-order valence-electron chi connectivity index (χ0n) is 3.74. The molecule has 0 saturated heterocycles. The van der Waals surface area contributed by atoms with Gasteiger partial charge < -0.3 is 10.8 Å². The van der Waals surface area contributed by atoms with Crippen molar-refractivity contribution in [1.82, 2.24) is 0 Å². The summed E-state index contributed by atoms with van der Waals surface area (Å²) in [6, 6.07) is 0. The van der Waals surface area contributed by atoms with E-state index in [1.807, 2.05) is 0 Å². The molecule has 0 saturated carbocycles. The van der Waals surface area contributed by atoms with Crippen molar-refractivity contribution in [2.24, 2.45) is 5.73 Å². The Kier molecular flexibility index (Phi) is 1.72. The molecule has 0 unspecified atom stereocenters. The number of hydrogen-bond acceptors (Lipinski definition) is 2. The molecule has 0 fully saturated rings. The summed E-state index contributed by atoms with van der Waals surface area (Å²) in [5.41, 5.74) is 4.33. The lowest BCUT2D eigenvalue weighted by Gasteiger charge is -2.01. The fourth-order valence-corrected chi connectivity index (χ4v) is 0.0945. The number of halogens is 3. The zero-order chi connectivity index (χ0) is 6.78. The van der Waals surface area contributed by atoms with E-state index in [0.29, 0.717) is 0 Å². The first-order valence-electron chi connectivity index (χ1n) is 1.66. The minimum absolute atomic E-state index is 0.0972. The summed E-state index contributed by atoms with van der Waals surface area (Å²) in [7, 11) is 0. The van der Waals surface area contributed by atoms with Crippen LogP contribution in [0.5, 0.6) is 0 Å². The van der Waals surface area contributed by atoms with E-state index in [4.69, 9.17) is 5.11 Å². The lowest BCUT2D eigenvalue weighted by molar-refractivity contribution is -0.120. The van der Waals surface area contributed by atoms with Gasteiger partial charge in [0.05, 0.1) is 0 Å². The van der Waals surface area contributed by atoms with Gasteiger partial charge in [-0.25, -0.2) is 0 Å². The highest BCUT2D eigenvalue weighted by Gasteiger charge is 2.33. The Morgan fingerprint density at radius 1 is 1.50 bits per heavy atom. The fourth-order valence-electron chi connectivity index (χ4n) is 0.0945. The maximum absolute atomic E-state index is 11.1. The molecule has 2 nitrogen and oxygen atoms in total. The minimum Gasteiger partial charge on any atom is -0.503 e. The highest BCUT2D eigenvalue weighted by molar-refractivity contribution is 4.94. The fraction of sp³-hybridized carbons (Fsp3) is 0.333. The average Bonchev–Trinajstić information content (AvgIpc) is 1.62. The Labute approximate surface area is 43.4 Å². The van der Waals surface area contributed by atoms with E-state index < -0.39 is 11.9 Å². The van der Waals surface area contributed by atoms with Gasteiger partial charge in [0.2, 0.25) is 5.76 Å². The van der Waals surface area contributed by atoms with Crippen LogP contribution in [-0.4, -0.2) is 11.3 Å². The number of aliphatic hydroxyl groups excluding tert-OH is 1. The quantitative estimate of drug-likeness (QED) is 0.475. The molecule has 0 aliphatic carbocycles. The van der Waals surface area contributed by atoms with E-state index in [-0.39, 0.29) is 6.20 Å². The Bertz CT molecular complexity index is 106. The van der Waals surface area contributed by atoms with E-state index in [9.17, 15) is 13.2 Å². The van der Waals surface area contributed by atoms with Gasteiger partial charge in [0.25, 0.3) is 0 Å². The van der Waals surface area contributed by atoms with E-state index in [1.54, 1.807) is 0 Å². The number of rotatable bonds is 0. The van der Waals surface area contributed by atoms with Crippen LogP contribution < -0.4 is 5.73 Å². The number of allylic oxidation sites excluding steroid dienone is 1. The van der Waals surface area contributed by atoms with Gasteiger partial charge in [0.15, 0.2) is 0 Å². The maximum Gasteiger partial charge on any atom is 0.450 e. The molecule has 5 heteroatoms. The first-order valence-corrected chi connectivity index (χ1v) is 1.66. The van der Waals surface area contributed by atoms with Gasteiger partial charge in [-0.1, -0.05) is 0 Å². The number of nitrogens with two attached hydrogens (primary N) is 1. The summed E-state index contributed by atoms with van der Waals surface area (Å²) in [6.07, 6.45) is -4.60. The van der Waals surface area contributed by atoms with Gasteiger partial charge in [0, 0.05) is 6.20 Å². The molecule has 0 heterocycles. The third kappa shape index (κ3) is 1.72. The Morgan fingerprint density at radius 2 is 1.88 bits per heavy atom. The summed E-state index contributed by atoms with van der Waals surface area (Å²) >= 11 is 0. The summed E-state index contributed by atoms with van der Waals surface area (Å²) < 4.78 is 33.2. The van der Waals surface area contributed by atoms with Gasteiger partial charge in [-0.3, -0.25) is 0 Å². The molecule has 0 aromatic heterocycles. The molecule has 48 valence electrons. The molecule has 0 amide bonds. The van der Waals surface area contributed by atoms with Gasteiger partial charge >= 0.3 is 6.18 Å². The lowest BCUT2D eigenvalue weighted by atomic mass is 10.5. The topological polar surface area (TPSA) is 46.2 Å². The number of alkyl halides is 3. The summed E-state index contributed by atoms with van der Waals surface area (Å²) in [6.45, 7) is 0. The predicted molar refractivity (Wildman–Crippen MR) is 21.0 cm³/mol. The molecule has 0 radical (unpaired) electrons. The van der Waals surface area contributed by atoms with Crippen molar-refractivity contribution < 1.29 is 18.3 Å². The second-order valence-electron chi connectivity index (χ2n) is 1.05. The smallest absolute Gasteiger partial charge is 0.450 e. The molecular weight excluding hydrogens is 123 g/mol. The monoisotopic (exact) mass is 127 g/mol. The summed E-state index contributed by atoms with van der Waals surface area (Å²) in [5, 5.41) is 7.81. The number of hydrogen-bond donors (Lipinski definition) is 2. The van der Waals surface area contributed by atoms with E-state index in [0.717, 1.165) is 0 Å². The highest BCUT2D eigenvalue weighted by Crippen LogP contribution is 2.21. The van der Waals surface area contributed by atoms with Crippen LogP contribution in [0, 0.1) is 0 Å². The van der Waals surface area contributed by atoms with Crippen LogP contribution in [0.4, 0.5) is 13.2 Å². The molecule has 0 aliphatic rings. The van der Waals surface area contributed by atoms with Crippen molar-refractivity contribution in [3.8, 4) is 0 Å². The molecule has 0 spiro atoms. The van der Waals surface area contributed by atoms with Crippen LogP contribution in [0.2, 0.25) is 0 Å². The van der Waals surface area contributed by atoms with Crippen molar-refractivity contribution in [1.29, 1.82) is 0 Å². The van der Waals surface area contributed by atoms with E-state index in [2.05, 4.69) is 5.73 Å². The molecule has 0 aromatic rings. The van der Waals surface area contributed by atoms with Crippen molar-refractivity contribution in [3.63, 3.8) is 0 Å². The molecule has 0 aliphatic heterocycles. The summed E-state index contributed by atoms with van der Waals surface area (Å²) in [5.74, 6) is -1.77. The van der Waals surface area contributed by atoms with Crippen LogP contribution >= 0.6 is 0 Å². The number of aliphatic hydroxyl groups is 1. The van der Waals surface area contributed by atoms with Crippen LogP contribution in [0.15, 0.2) is 12.0 Å². The van der Waals surface area contributed by atoms with Crippen LogP contribution in [-0.2, 0) is 0 Å². The Hall–Kier alpha value is -0.870. The highest BCUT2D eigenvalue weighted by atomic mass is 19.4. The third-order valence-corrected chi connectivity index (χ3v) is 0.448. The minimum atomic E-state index is -4.70. The second kappa shape index (κ2) is 1.94. The van der Waals surface area contributed by atoms with E-state index >= 15 is 0 Å². The van der Waals surface area contributed by atoms with Crippen molar-refractivity contribution in [2.75, 3.05) is 0 Å². The largest absolute Gasteiger partial charge is 0.503 e. The molecule has 0 bridgehead atoms. The first-order chi connectivity index (χ1) is 3.48. The average molecular weight is 127 g/mol. The predicted octanol–water partition coefficient (Wildman–Crippen LogP) is 0.907. The van der Waals surface area contributed by atoms with Crippen molar-refractivity contribution >= 4 is 0 Å². The first kappa shape index (κ1) is 7.13. The van der Waals surface area contributed by atoms with Gasteiger partial charge in [0.1, 0.15) is 0 Å². The van der Waals surface area contributed by atoms with Crippen LogP contribution in [0.25, 0.3) is 0 Å². The van der Waals surface area contributed by atoms with E-state index in [1.165, 1.54) is 0 Å². The van der Waals surface area contributed by atoms with Crippen molar-refractivity contribution in [2.45, 2.75) is 6.18 Å². The van der Waals surface area contributed by atoms with Gasteiger partial charge in [-0.05, 0) is 0 Å². The maximum atomic E-state index is 11.1. The third-order valence-electron chi connectivity index (χ3n) is 0.448. The molecule has 3 N–H and O–H groups in total.